The summed E-state index contributed by atoms with van der Waals surface area (Å²) in [6.45, 7) is 5.16. The van der Waals surface area contributed by atoms with Gasteiger partial charge in [-0.2, -0.15) is 0 Å². The SMILES string of the molecule is Cc1cccc(OCCCOc2ccc(Cl)cc2C=C2SC(=S)NC2=O)c1C. The number of benzene rings is 2. The van der Waals surface area contributed by atoms with Crippen molar-refractivity contribution in [2.45, 2.75) is 20.3 Å². The van der Waals surface area contributed by atoms with Gasteiger partial charge in [0.25, 0.3) is 5.91 Å². The van der Waals surface area contributed by atoms with Crippen molar-refractivity contribution in [3.05, 3.63) is 63.0 Å². The third-order valence-electron chi connectivity index (χ3n) is 4.26. The first-order chi connectivity index (χ1) is 13.4. The highest BCUT2D eigenvalue weighted by molar-refractivity contribution is 8.26. The van der Waals surface area contributed by atoms with Gasteiger partial charge in [-0.25, -0.2) is 0 Å². The van der Waals surface area contributed by atoms with E-state index in [-0.39, 0.29) is 5.91 Å². The van der Waals surface area contributed by atoms with Gasteiger partial charge >= 0.3 is 0 Å². The fourth-order valence-electron chi connectivity index (χ4n) is 2.63. The lowest BCUT2D eigenvalue weighted by atomic mass is 10.1. The summed E-state index contributed by atoms with van der Waals surface area (Å²) in [5.74, 6) is 1.36. The van der Waals surface area contributed by atoms with E-state index in [1.807, 2.05) is 12.1 Å². The number of carbonyl (C=O) groups excluding carboxylic acids is 1. The summed E-state index contributed by atoms with van der Waals surface area (Å²) < 4.78 is 12.2. The number of amides is 1. The molecular weight excluding hydrogens is 414 g/mol. The number of thioether (sulfide) groups is 1. The van der Waals surface area contributed by atoms with Gasteiger partial charge in [0, 0.05) is 17.0 Å². The Morgan fingerprint density at radius 3 is 2.61 bits per heavy atom. The largest absolute Gasteiger partial charge is 0.493 e. The van der Waals surface area contributed by atoms with E-state index in [1.165, 1.54) is 17.3 Å². The standard InChI is InChI=1S/C21H20ClNO3S2/c1-13-5-3-6-17(14(13)2)25-9-4-10-26-18-8-7-16(22)11-15(18)12-19-20(24)23-21(27)28-19/h3,5-8,11-12H,4,9-10H2,1-2H3,(H,23,24,27). The van der Waals surface area contributed by atoms with Gasteiger partial charge in [0.15, 0.2) is 0 Å². The zero-order valence-corrected chi connectivity index (χ0v) is 18.0. The molecule has 4 nitrogen and oxygen atoms in total. The minimum atomic E-state index is -0.206. The smallest absolute Gasteiger partial charge is 0.263 e. The number of aryl methyl sites for hydroxylation is 1. The number of nitrogens with one attached hydrogen (secondary N) is 1. The molecule has 2 aromatic rings. The molecule has 1 saturated heterocycles. The number of halogens is 1. The number of carbonyl (C=O) groups is 1. The molecule has 0 bridgehead atoms. The second kappa shape index (κ2) is 9.45. The predicted molar refractivity (Wildman–Crippen MR) is 119 cm³/mol. The van der Waals surface area contributed by atoms with E-state index in [2.05, 4.69) is 25.2 Å². The molecule has 1 heterocycles. The minimum Gasteiger partial charge on any atom is -0.493 e. The van der Waals surface area contributed by atoms with Crippen LogP contribution < -0.4 is 14.8 Å². The van der Waals surface area contributed by atoms with Crippen molar-refractivity contribution in [1.82, 2.24) is 5.32 Å². The normalized spacial score (nSPS) is 15.0. The molecule has 1 N–H and O–H groups in total. The zero-order valence-electron chi connectivity index (χ0n) is 15.6. The first kappa shape index (κ1) is 20.7. The molecule has 2 aromatic carbocycles. The van der Waals surface area contributed by atoms with Gasteiger partial charge in [-0.15, -0.1) is 0 Å². The van der Waals surface area contributed by atoms with Crippen LogP contribution in [0.3, 0.4) is 0 Å². The highest BCUT2D eigenvalue weighted by Crippen LogP contribution is 2.31. The third-order valence-corrected chi connectivity index (χ3v) is 5.66. The first-order valence-electron chi connectivity index (χ1n) is 8.80. The lowest BCUT2D eigenvalue weighted by Crippen LogP contribution is -2.17. The molecule has 0 aliphatic carbocycles. The Kier molecular flexibility index (Phi) is 6.99. The number of rotatable bonds is 7. The maximum absolute atomic E-state index is 11.9. The van der Waals surface area contributed by atoms with Crippen molar-refractivity contribution in [1.29, 1.82) is 0 Å². The fraction of sp³-hybridized carbons (Fsp3) is 0.238. The van der Waals surface area contributed by atoms with Crippen LogP contribution in [-0.4, -0.2) is 23.4 Å². The maximum atomic E-state index is 11.9. The summed E-state index contributed by atoms with van der Waals surface area (Å²) in [7, 11) is 0. The monoisotopic (exact) mass is 433 g/mol. The Morgan fingerprint density at radius 1 is 1.14 bits per heavy atom. The molecular formula is C21H20ClNO3S2. The van der Waals surface area contributed by atoms with E-state index >= 15 is 0 Å². The average molecular weight is 434 g/mol. The Bertz CT molecular complexity index is 943. The lowest BCUT2D eigenvalue weighted by Gasteiger charge is -2.12. The number of thiocarbonyl (C=S) groups is 1. The van der Waals surface area contributed by atoms with Gasteiger partial charge in [-0.05, 0) is 55.3 Å². The summed E-state index contributed by atoms with van der Waals surface area (Å²) in [6, 6.07) is 11.4. The van der Waals surface area contributed by atoms with Gasteiger partial charge in [-0.3, -0.25) is 4.79 Å². The highest BCUT2D eigenvalue weighted by Gasteiger charge is 2.22. The molecule has 1 aliphatic heterocycles. The van der Waals surface area contributed by atoms with Gasteiger partial charge in [-0.1, -0.05) is 47.7 Å². The summed E-state index contributed by atoms with van der Waals surface area (Å²) in [6.07, 6.45) is 2.47. The molecule has 0 unspecified atom stereocenters. The molecule has 0 spiro atoms. The van der Waals surface area contributed by atoms with Crippen LogP contribution in [0.1, 0.15) is 23.1 Å². The van der Waals surface area contributed by atoms with Crippen LogP contribution in [0.25, 0.3) is 6.08 Å². The fourth-order valence-corrected chi connectivity index (χ4v) is 3.85. The predicted octanol–water partition coefficient (Wildman–Crippen LogP) is 5.29. The number of ether oxygens (including phenoxy) is 2. The number of hydrogen-bond acceptors (Lipinski definition) is 5. The summed E-state index contributed by atoms with van der Waals surface area (Å²) in [4.78, 5) is 12.4. The lowest BCUT2D eigenvalue weighted by molar-refractivity contribution is -0.115. The van der Waals surface area contributed by atoms with E-state index in [1.54, 1.807) is 24.3 Å². The summed E-state index contributed by atoms with van der Waals surface area (Å²) >= 11 is 12.4. The van der Waals surface area contributed by atoms with Crippen LogP contribution in [0, 0.1) is 13.8 Å². The van der Waals surface area contributed by atoms with Crippen molar-refractivity contribution in [3.8, 4) is 11.5 Å². The quantitative estimate of drug-likeness (QED) is 0.365. The van der Waals surface area contributed by atoms with Crippen molar-refractivity contribution < 1.29 is 14.3 Å². The highest BCUT2D eigenvalue weighted by atomic mass is 35.5. The van der Waals surface area contributed by atoms with Crippen LogP contribution in [0.15, 0.2) is 41.3 Å². The molecule has 146 valence electrons. The Balaban J connectivity index is 1.59. The molecule has 0 atom stereocenters. The minimum absolute atomic E-state index is 0.206. The van der Waals surface area contributed by atoms with Gasteiger partial charge in [0.05, 0.1) is 18.1 Å². The van der Waals surface area contributed by atoms with Gasteiger partial charge < -0.3 is 14.8 Å². The van der Waals surface area contributed by atoms with Crippen LogP contribution in [0.5, 0.6) is 11.5 Å². The summed E-state index contributed by atoms with van der Waals surface area (Å²) in [5.41, 5.74) is 3.10. The molecule has 3 rings (SSSR count). The zero-order chi connectivity index (χ0) is 20.1. The Labute approximate surface area is 179 Å². The van der Waals surface area contributed by atoms with Crippen LogP contribution in [0.2, 0.25) is 5.02 Å². The van der Waals surface area contributed by atoms with Gasteiger partial charge in [0.1, 0.15) is 15.8 Å². The number of hydrogen-bond donors (Lipinski definition) is 1. The van der Waals surface area contributed by atoms with Crippen LogP contribution >= 0.6 is 35.6 Å². The molecule has 0 aromatic heterocycles. The molecule has 0 saturated carbocycles. The topological polar surface area (TPSA) is 47.6 Å². The molecule has 1 aliphatic rings. The summed E-state index contributed by atoms with van der Waals surface area (Å²) in [5, 5.41) is 3.17. The molecule has 1 fully saturated rings. The Morgan fingerprint density at radius 2 is 1.89 bits per heavy atom. The second-order valence-electron chi connectivity index (χ2n) is 6.28. The van der Waals surface area contributed by atoms with Crippen molar-refractivity contribution in [2.75, 3.05) is 13.2 Å². The van der Waals surface area contributed by atoms with Crippen LogP contribution in [-0.2, 0) is 4.79 Å². The third kappa shape index (κ3) is 5.28. The Hall–Kier alpha value is -2.02. The second-order valence-corrected chi connectivity index (χ2v) is 8.44. The maximum Gasteiger partial charge on any atom is 0.263 e. The average Bonchev–Trinajstić information content (AvgIpc) is 2.97. The molecule has 28 heavy (non-hydrogen) atoms. The van der Waals surface area contributed by atoms with E-state index in [4.69, 9.17) is 33.3 Å². The molecule has 7 heteroatoms. The molecule has 0 radical (unpaired) electrons. The van der Waals surface area contributed by atoms with E-state index in [0.29, 0.717) is 33.2 Å². The van der Waals surface area contributed by atoms with E-state index in [0.717, 1.165) is 23.3 Å². The molecule has 1 amide bonds. The van der Waals surface area contributed by atoms with E-state index < -0.39 is 0 Å². The van der Waals surface area contributed by atoms with Crippen molar-refractivity contribution in [3.63, 3.8) is 0 Å². The van der Waals surface area contributed by atoms with Crippen LogP contribution in [0.4, 0.5) is 0 Å². The first-order valence-corrected chi connectivity index (χ1v) is 10.4. The van der Waals surface area contributed by atoms with Crippen molar-refractivity contribution in [2.24, 2.45) is 0 Å². The van der Waals surface area contributed by atoms with E-state index in [9.17, 15) is 4.79 Å². The van der Waals surface area contributed by atoms with Gasteiger partial charge in [0.2, 0.25) is 0 Å². The van der Waals surface area contributed by atoms with Crippen molar-refractivity contribution >= 4 is 51.9 Å².